The number of rotatable bonds is 4. The lowest BCUT2D eigenvalue weighted by atomic mass is 10.1. The zero-order valence-corrected chi connectivity index (χ0v) is 11.4. The third-order valence-corrected chi connectivity index (χ3v) is 3.70. The summed E-state index contributed by atoms with van der Waals surface area (Å²) in [6.07, 6.45) is 2.71. The summed E-state index contributed by atoms with van der Waals surface area (Å²) in [5.74, 6) is 0. The van der Waals surface area contributed by atoms with Gasteiger partial charge in [0, 0.05) is 22.8 Å². The van der Waals surface area contributed by atoms with Gasteiger partial charge >= 0.3 is 0 Å². The molecule has 0 aliphatic rings. The number of hydrogen-bond donors (Lipinski definition) is 1. The van der Waals surface area contributed by atoms with Gasteiger partial charge in [0.05, 0.1) is 0 Å². The van der Waals surface area contributed by atoms with Crippen LogP contribution < -0.4 is 5.73 Å². The van der Waals surface area contributed by atoms with Crippen LogP contribution in [0.5, 0.6) is 0 Å². The van der Waals surface area contributed by atoms with E-state index in [2.05, 4.69) is 29.0 Å². The molecule has 18 heavy (non-hydrogen) atoms. The van der Waals surface area contributed by atoms with Crippen molar-refractivity contribution in [2.45, 2.75) is 36.4 Å². The minimum absolute atomic E-state index is 0.0681. The molecule has 3 nitrogen and oxygen atoms in total. The molecule has 0 unspecified atom stereocenters. The van der Waals surface area contributed by atoms with Gasteiger partial charge in [0.15, 0.2) is 5.16 Å². The van der Waals surface area contributed by atoms with Crippen molar-refractivity contribution in [3.8, 4) is 0 Å². The molecule has 0 fully saturated rings. The molecule has 2 aromatic rings. The summed E-state index contributed by atoms with van der Waals surface area (Å²) in [5.41, 5.74) is 8.26. The molecule has 4 heteroatoms. The summed E-state index contributed by atoms with van der Waals surface area (Å²) in [4.78, 5) is 9.81. The van der Waals surface area contributed by atoms with Gasteiger partial charge in [-0.3, -0.25) is 0 Å². The van der Waals surface area contributed by atoms with E-state index in [4.69, 9.17) is 5.73 Å². The molecule has 2 N–H and O–H groups in total. The van der Waals surface area contributed by atoms with Crippen LogP contribution in [0.25, 0.3) is 0 Å². The Morgan fingerprint density at radius 3 is 2.78 bits per heavy atom. The molecule has 1 heterocycles. The molecule has 0 aliphatic heterocycles. The van der Waals surface area contributed by atoms with Crippen molar-refractivity contribution in [1.82, 2.24) is 9.97 Å². The fourth-order valence-corrected chi connectivity index (χ4v) is 2.66. The van der Waals surface area contributed by atoms with E-state index in [0.29, 0.717) is 0 Å². The molecule has 0 saturated heterocycles. The molecular formula is C14H17N3S. The summed E-state index contributed by atoms with van der Waals surface area (Å²) in [6.45, 7) is 4.06. The smallest absolute Gasteiger partial charge is 0.192 e. The number of nitrogens with two attached hydrogens (primary N) is 1. The summed E-state index contributed by atoms with van der Waals surface area (Å²) in [7, 11) is 0. The van der Waals surface area contributed by atoms with E-state index in [1.165, 1.54) is 0 Å². The van der Waals surface area contributed by atoms with E-state index >= 15 is 0 Å². The van der Waals surface area contributed by atoms with Crippen molar-refractivity contribution in [2.24, 2.45) is 5.73 Å². The molecule has 2 rings (SSSR count). The molecular weight excluding hydrogens is 242 g/mol. The van der Waals surface area contributed by atoms with Gasteiger partial charge < -0.3 is 5.73 Å². The van der Waals surface area contributed by atoms with Crippen LogP contribution in [0.15, 0.2) is 46.6 Å². The third kappa shape index (κ3) is 3.09. The first kappa shape index (κ1) is 13.1. The van der Waals surface area contributed by atoms with Gasteiger partial charge in [0.1, 0.15) is 0 Å². The first-order chi connectivity index (χ1) is 8.70. The molecule has 0 bridgehead atoms. The molecule has 0 radical (unpaired) electrons. The molecule has 0 amide bonds. The van der Waals surface area contributed by atoms with Gasteiger partial charge in [0.2, 0.25) is 0 Å². The molecule has 0 spiro atoms. The molecule has 1 atom stereocenters. The average molecular weight is 259 g/mol. The lowest BCUT2D eigenvalue weighted by Gasteiger charge is -2.13. The van der Waals surface area contributed by atoms with Gasteiger partial charge in [0.25, 0.3) is 0 Å². The largest absolute Gasteiger partial charge is 0.324 e. The van der Waals surface area contributed by atoms with Crippen LogP contribution in [-0.2, 0) is 0 Å². The van der Waals surface area contributed by atoms with E-state index in [-0.39, 0.29) is 6.04 Å². The van der Waals surface area contributed by atoms with Crippen LogP contribution in [-0.4, -0.2) is 9.97 Å². The van der Waals surface area contributed by atoms with Gasteiger partial charge in [-0.2, -0.15) is 0 Å². The summed E-state index contributed by atoms with van der Waals surface area (Å²) in [6, 6.07) is 10.1. The van der Waals surface area contributed by atoms with Crippen LogP contribution in [0.4, 0.5) is 0 Å². The zero-order chi connectivity index (χ0) is 13.0. The van der Waals surface area contributed by atoms with Crippen LogP contribution in [0.3, 0.4) is 0 Å². The maximum absolute atomic E-state index is 6.12. The number of benzene rings is 1. The van der Waals surface area contributed by atoms with Crippen molar-refractivity contribution >= 4 is 11.8 Å². The number of hydrogen-bond acceptors (Lipinski definition) is 4. The Hall–Kier alpha value is -1.39. The standard InChI is InChI=1S/C14H17N3S/c1-3-12(15)11-6-4-5-7-13(11)18-14-16-9-8-10(2)17-14/h4-9,12H,3,15H2,1-2H3/t12-/m1/s1. The average Bonchev–Trinajstić information content (AvgIpc) is 2.38. The SMILES string of the molecule is CC[C@@H](N)c1ccccc1Sc1nccc(C)n1. The minimum atomic E-state index is 0.0681. The summed E-state index contributed by atoms with van der Waals surface area (Å²) in [5, 5.41) is 0.769. The van der Waals surface area contributed by atoms with E-state index in [1.54, 1.807) is 18.0 Å². The highest BCUT2D eigenvalue weighted by molar-refractivity contribution is 7.99. The van der Waals surface area contributed by atoms with Gasteiger partial charge in [-0.1, -0.05) is 25.1 Å². The van der Waals surface area contributed by atoms with Gasteiger partial charge in [-0.25, -0.2) is 9.97 Å². The number of aromatic nitrogens is 2. The number of aryl methyl sites for hydroxylation is 1. The Morgan fingerprint density at radius 1 is 1.28 bits per heavy atom. The van der Waals surface area contributed by atoms with Crippen molar-refractivity contribution in [1.29, 1.82) is 0 Å². The second kappa shape index (κ2) is 5.98. The second-order valence-corrected chi connectivity index (χ2v) is 5.14. The van der Waals surface area contributed by atoms with Crippen molar-refractivity contribution in [2.75, 3.05) is 0 Å². The van der Waals surface area contributed by atoms with Crippen LogP contribution in [0.1, 0.15) is 30.6 Å². The Labute approximate surface area is 112 Å². The Kier molecular flexibility index (Phi) is 4.33. The van der Waals surface area contributed by atoms with Crippen molar-refractivity contribution in [3.05, 3.63) is 47.8 Å². The maximum atomic E-state index is 6.12. The molecule has 94 valence electrons. The van der Waals surface area contributed by atoms with E-state index in [0.717, 1.165) is 27.7 Å². The highest BCUT2D eigenvalue weighted by atomic mass is 32.2. The zero-order valence-electron chi connectivity index (χ0n) is 10.6. The highest BCUT2D eigenvalue weighted by Gasteiger charge is 2.10. The Morgan fingerprint density at radius 2 is 2.06 bits per heavy atom. The topological polar surface area (TPSA) is 51.8 Å². The minimum Gasteiger partial charge on any atom is -0.324 e. The second-order valence-electron chi connectivity index (χ2n) is 4.14. The van der Waals surface area contributed by atoms with E-state index in [1.807, 2.05) is 25.1 Å². The fourth-order valence-electron chi connectivity index (χ4n) is 1.67. The normalized spacial score (nSPS) is 12.4. The molecule has 0 aliphatic carbocycles. The molecule has 1 aromatic carbocycles. The lowest BCUT2D eigenvalue weighted by molar-refractivity contribution is 0.685. The van der Waals surface area contributed by atoms with E-state index < -0.39 is 0 Å². The van der Waals surface area contributed by atoms with Crippen LogP contribution in [0.2, 0.25) is 0 Å². The quantitative estimate of drug-likeness (QED) is 0.856. The predicted molar refractivity (Wildman–Crippen MR) is 74.6 cm³/mol. The molecule has 1 aromatic heterocycles. The molecule has 0 saturated carbocycles. The van der Waals surface area contributed by atoms with Crippen molar-refractivity contribution in [3.63, 3.8) is 0 Å². The Bertz CT molecular complexity index is 528. The third-order valence-electron chi connectivity index (χ3n) is 2.73. The van der Waals surface area contributed by atoms with Crippen LogP contribution >= 0.6 is 11.8 Å². The van der Waals surface area contributed by atoms with Crippen LogP contribution in [0, 0.1) is 6.92 Å². The monoisotopic (exact) mass is 259 g/mol. The predicted octanol–water partition coefficient (Wildman–Crippen LogP) is 3.35. The maximum Gasteiger partial charge on any atom is 0.192 e. The highest BCUT2D eigenvalue weighted by Crippen LogP contribution is 2.31. The number of nitrogens with zero attached hydrogens (tertiary/aromatic N) is 2. The Balaban J connectivity index is 2.29. The lowest BCUT2D eigenvalue weighted by Crippen LogP contribution is -2.09. The van der Waals surface area contributed by atoms with Gasteiger partial charge in [-0.05, 0) is 42.8 Å². The van der Waals surface area contributed by atoms with Crippen molar-refractivity contribution < 1.29 is 0 Å². The first-order valence-corrected chi connectivity index (χ1v) is 6.84. The summed E-state index contributed by atoms with van der Waals surface area (Å²) >= 11 is 1.57. The van der Waals surface area contributed by atoms with E-state index in [9.17, 15) is 0 Å². The first-order valence-electron chi connectivity index (χ1n) is 6.02. The van der Waals surface area contributed by atoms with Gasteiger partial charge in [-0.15, -0.1) is 0 Å². The fraction of sp³-hybridized carbons (Fsp3) is 0.286. The summed E-state index contributed by atoms with van der Waals surface area (Å²) < 4.78 is 0.